The highest BCUT2D eigenvalue weighted by Crippen LogP contribution is 2.21. The van der Waals surface area contributed by atoms with E-state index in [1.807, 2.05) is 12.3 Å². The zero-order chi connectivity index (χ0) is 18.6. The topological polar surface area (TPSA) is 12.9 Å². The smallest absolute Gasteiger partial charge is 0.242 e. The van der Waals surface area contributed by atoms with Gasteiger partial charge in [0.15, 0.2) is 0 Å². The van der Waals surface area contributed by atoms with Crippen LogP contribution in [0, 0.1) is 0 Å². The van der Waals surface area contributed by atoms with Crippen molar-refractivity contribution in [1.29, 1.82) is 0 Å². The van der Waals surface area contributed by atoms with Crippen LogP contribution >= 0.6 is 31.9 Å². The fourth-order valence-corrected chi connectivity index (χ4v) is 4.00. The summed E-state index contributed by atoms with van der Waals surface area (Å²) in [5.41, 5.74) is 5.87. The van der Waals surface area contributed by atoms with Crippen molar-refractivity contribution in [3.63, 3.8) is 0 Å². The van der Waals surface area contributed by atoms with Crippen LogP contribution in [0.15, 0.2) is 106 Å². The molecule has 3 aromatic carbocycles. The number of benzene rings is 3. The quantitative estimate of drug-likeness (QED) is 0.386. The first kappa shape index (κ1) is 18.2. The van der Waals surface area contributed by atoms with Crippen molar-refractivity contribution in [2.24, 2.45) is 0 Å². The molecule has 1 nitrogen and oxygen atoms in total. The monoisotopic (exact) mass is 475 g/mol. The minimum absolute atomic E-state index is 0.130. The summed E-state index contributed by atoms with van der Waals surface area (Å²) in [4.78, 5) is 4.65. The van der Waals surface area contributed by atoms with E-state index in [1.54, 1.807) is 0 Å². The molecule has 0 saturated carbocycles. The van der Waals surface area contributed by atoms with E-state index < -0.39 is 0 Å². The predicted molar refractivity (Wildman–Crippen MR) is 123 cm³/mol. The van der Waals surface area contributed by atoms with Crippen molar-refractivity contribution in [3.05, 3.63) is 106 Å². The number of aromatic nitrogens is 1. The molecule has 0 aliphatic heterocycles. The molecule has 0 unspecified atom stereocenters. The molecule has 4 aromatic rings. The largest absolute Gasteiger partial charge is 0.255 e. The van der Waals surface area contributed by atoms with E-state index in [4.69, 9.17) is 0 Å². The van der Waals surface area contributed by atoms with Crippen LogP contribution in [-0.4, -0.2) is 11.7 Å². The molecule has 0 bridgehead atoms. The lowest BCUT2D eigenvalue weighted by Crippen LogP contribution is -2.52. The SMILES string of the molecule is Brc1ccc(-c2ccc(Br)cc2B(c2ccccc2)c2ccccc2)nc1. The molecule has 0 N–H and O–H groups in total. The van der Waals surface area contributed by atoms with Crippen LogP contribution in [0.3, 0.4) is 0 Å². The molecule has 1 heterocycles. The number of nitrogens with zero attached hydrogens (tertiary/aromatic N) is 1. The molecule has 1 aromatic heterocycles. The summed E-state index contributed by atoms with van der Waals surface area (Å²) < 4.78 is 2.04. The van der Waals surface area contributed by atoms with E-state index in [0.29, 0.717) is 0 Å². The van der Waals surface area contributed by atoms with Crippen LogP contribution < -0.4 is 16.4 Å². The van der Waals surface area contributed by atoms with Crippen molar-refractivity contribution in [3.8, 4) is 11.3 Å². The minimum atomic E-state index is 0.130. The molecule has 130 valence electrons. The van der Waals surface area contributed by atoms with Crippen LogP contribution in [0.5, 0.6) is 0 Å². The van der Waals surface area contributed by atoms with Crippen LogP contribution in [-0.2, 0) is 0 Å². The molecule has 0 amide bonds. The fraction of sp³-hybridized carbons (Fsp3) is 0. The fourth-order valence-electron chi connectivity index (χ4n) is 3.38. The first-order chi connectivity index (χ1) is 13.2. The Balaban J connectivity index is 1.95. The Morgan fingerprint density at radius 2 is 1.22 bits per heavy atom. The van der Waals surface area contributed by atoms with Gasteiger partial charge in [-0.2, -0.15) is 0 Å². The lowest BCUT2D eigenvalue weighted by Gasteiger charge is -2.19. The standard InChI is InChI=1S/C23H16BBr2N/c25-19-11-13-21(23-14-12-20(26)16-27-23)22(15-19)24(17-7-3-1-4-8-17)18-9-5-2-6-10-18/h1-16H. The van der Waals surface area contributed by atoms with Crippen LogP contribution in [0.2, 0.25) is 0 Å². The molecule has 4 rings (SSSR count). The maximum Gasteiger partial charge on any atom is 0.242 e. The summed E-state index contributed by atoms with van der Waals surface area (Å²) in [5.74, 6) is 0. The maximum absolute atomic E-state index is 4.65. The summed E-state index contributed by atoms with van der Waals surface area (Å²) in [6.07, 6.45) is 1.85. The average molecular weight is 477 g/mol. The Morgan fingerprint density at radius 3 is 1.78 bits per heavy atom. The molecule has 0 atom stereocenters. The van der Waals surface area contributed by atoms with Gasteiger partial charge >= 0.3 is 0 Å². The van der Waals surface area contributed by atoms with Crippen molar-refractivity contribution in [2.45, 2.75) is 0 Å². The van der Waals surface area contributed by atoms with Gasteiger partial charge in [-0.3, -0.25) is 4.98 Å². The number of rotatable bonds is 4. The molecule has 0 saturated heterocycles. The van der Waals surface area contributed by atoms with Crippen molar-refractivity contribution < 1.29 is 0 Å². The van der Waals surface area contributed by atoms with E-state index >= 15 is 0 Å². The number of halogens is 2. The number of pyridine rings is 1. The lowest BCUT2D eigenvalue weighted by molar-refractivity contribution is 1.31. The van der Waals surface area contributed by atoms with Crippen LogP contribution in [0.4, 0.5) is 0 Å². The van der Waals surface area contributed by atoms with E-state index in [1.165, 1.54) is 16.4 Å². The van der Waals surface area contributed by atoms with Crippen LogP contribution in [0.25, 0.3) is 11.3 Å². The average Bonchev–Trinajstić information content (AvgIpc) is 2.71. The number of hydrogen-bond acceptors (Lipinski definition) is 1. The van der Waals surface area contributed by atoms with Gasteiger partial charge in [0.2, 0.25) is 6.71 Å². The molecule has 0 radical (unpaired) electrons. The zero-order valence-electron chi connectivity index (χ0n) is 14.5. The zero-order valence-corrected chi connectivity index (χ0v) is 17.7. The number of hydrogen-bond donors (Lipinski definition) is 0. The Bertz CT molecular complexity index is 995. The summed E-state index contributed by atoms with van der Waals surface area (Å²) >= 11 is 7.15. The summed E-state index contributed by atoms with van der Waals surface area (Å²) in [7, 11) is 0. The van der Waals surface area contributed by atoms with Gasteiger partial charge in [0.1, 0.15) is 0 Å². The summed E-state index contributed by atoms with van der Waals surface area (Å²) in [5, 5.41) is 0. The van der Waals surface area contributed by atoms with E-state index in [0.717, 1.165) is 20.2 Å². The molecule has 27 heavy (non-hydrogen) atoms. The third kappa shape index (κ3) is 4.07. The van der Waals surface area contributed by atoms with Crippen LogP contribution in [0.1, 0.15) is 0 Å². The van der Waals surface area contributed by atoms with Gasteiger partial charge in [-0.1, -0.05) is 105 Å². The summed E-state index contributed by atoms with van der Waals surface area (Å²) in [6.45, 7) is 0.130. The maximum atomic E-state index is 4.65. The second-order valence-corrected chi connectivity index (χ2v) is 8.18. The first-order valence-electron chi connectivity index (χ1n) is 8.73. The highest BCUT2D eigenvalue weighted by atomic mass is 79.9. The highest BCUT2D eigenvalue weighted by Gasteiger charge is 2.25. The molecule has 4 heteroatoms. The van der Waals surface area contributed by atoms with Gasteiger partial charge < -0.3 is 0 Å². The Morgan fingerprint density at radius 1 is 0.630 bits per heavy atom. The highest BCUT2D eigenvalue weighted by molar-refractivity contribution is 9.10. The minimum Gasteiger partial charge on any atom is -0.255 e. The Labute approximate surface area is 176 Å². The van der Waals surface area contributed by atoms with E-state index in [2.05, 4.69) is 122 Å². The molecular weight excluding hydrogens is 461 g/mol. The lowest BCUT2D eigenvalue weighted by atomic mass is 9.36. The second kappa shape index (κ2) is 8.24. The Kier molecular flexibility index (Phi) is 5.56. The van der Waals surface area contributed by atoms with Gasteiger partial charge in [-0.15, -0.1) is 0 Å². The van der Waals surface area contributed by atoms with Crippen molar-refractivity contribution >= 4 is 55.0 Å². The Hall–Kier alpha value is -2.17. The predicted octanol–water partition coefficient (Wildman–Crippen LogP) is 4.79. The molecule has 0 aliphatic carbocycles. The third-order valence-corrected chi connectivity index (χ3v) is 5.56. The van der Waals surface area contributed by atoms with Gasteiger partial charge in [0.05, 0.1) is 5.69 Å². The van der Waals surface area contributed by atoms with E-state index in [-0.39, 0.29) is 6.71 Å². The van der Waals surface area contributed by atoms with Gasteiger partial charge in [-0.25, -0.2) is 0 Å². The second-order valence-electron chi connectivity index (χ2n) is 6.35. The molecule has 0 spiro atoms. The molecule has 0 fully saturated rings. The first-order valence-corrected chi connectivity index (χ1v) is 10.3. The van der Waals surface area contributed by atoms with Gasteiger partial charge in [0.25, 0.3) is 0 Å². The van der Waals surface area contributed by atoms with E-state index in [9.17, 15) is 0 Å². The van der Waals surface area contributed by atoms with Crippen molar-refractivity contribution in [2.75, 3.05) is 0 Å². The normalized spacial score (nSPS) is 10.6. The van der Waals surface area contributed by atoms with Gasteiger partial charge in [0, 0.05) is 15.1 Å². The molecule has 0 aliphatic rings. The molecular formula is C23H16BBr2N. The van der Waals surface area contributed by atoms with Crippen molar-refractivity contribution in [1.82, 2.24) is 4.98 Å². The third-order valence-electron chi connectivity index (χ3n) is 4.59. The van der Waals surface area contributed by atoms with Gasteiger partial charge in [-0.05, 0) is 39.7 Å². The summed E-state index contributed by atoms with van der Waals surface area (Å²) in [6, 6.07) is 31.8.